The predicted octanol–water partition coefficient (Wildman–Crippen LogP) is -0.418. The van der Waals surface area contributed by atoms with Crippen molar-refractivity contribution in [3.8, 4) is 11.5 Å². The Hall–Kier alpha value is -5.86. The van der Waals surface area contributed by atoms with E-state index in [1.165, 1.54) is 62.8 Å². The van der Waals surface area contributed by atoms with E-state index in [0.29, 0.717) is 4.34 Å². The van der Waals surface area contributed by atoms with Gasteiger partial charge in [-0.2, -0.15) is 0 Å². The van der Waals surface area contributed by atoms with Crippen LogP contribution in [0.2, 0.25) is 0 Å². The van der Waals surface area contributed by atoms with E-state index in [1.54, 1.807) is 0 Å². The molecule has 26 heteroatoms. The van der Waals surface area contributed by atoms with Gasteiger partial charge < -0.3 is 35.4 Å². The average molecular weight is 837 g/mol. The van der Waals surface area contributed by atoms with Crippen LogP contribution in [0.1, 0.15) is 29.9 Å². The summed E-state index contributed by atoms with van der Waals surface area (Å²) < 4.78 is 10.5. The number of carboxylic acids is 1. The van der Waals surface area contributed by atoms with Gasteiger partial charge >= 0.3 is 23.9 Å². The number of esters is 2. The Labute approximate surface area is 325 Å². The molecule has 290 valence electrons. The number of carbonyl (C=O) groups is 8. The molecule has 0 saturated carbocycles. The van der Waals surface area contributed by atoms with Crippen molar-refractivity contribution in [2.24, 2.45) is 10.6 Å². The first-order valence-electron chi connectivity index (χ1n) is 15.3. The maximum absolute atomic E-state index is 13.4. The third-order valence-electron chi connectivity index (χ3n) is 7.28. The van der Waals surface area contributed by atoms with Crippen LogP contribution in [0.5, 0.6) is 11.5 Å². The zero-order valence-electron chi connectivity index (χ0n) is 28.3. The molecule has 2 aliphatic heterocycles. The molecule has 0 radical (unpaired) electrons. The maximum atomic E-state index is 13.4. The molecule has 2 fully saturated rings. The van der Waals surface area contributed by atoms with Gasteiger partial charge in [0.05, 0.1) is 0 Å². The van der Waals surface area contributed by atoms with Gasteiger partial charge in [0.2, 0.25) is 5.91 Å². The first-order chi connectivity index (χ1) is 26.2. The second kappa shape index (κ2) is 17.5. The summed E-state index contributed by atoms with van der Waals surface area (Å²) >= 11 is 4.67. The fourth-order valence-corrected chi connectivity index (χ4v) is 8.69. The summed E-state index contributed by atoms with van der Waals surface area (Å²) in [6, 6.07) is 1.18. The number of nitrogens with one attached hydrogen (secondary N) is 4. The number of carboxylic acid groups (broad SMARTS) is 1. The van der Waals surface area contributed by atoms with Gasteiger partial charge in [0, 0.05) is 42.8 Å². The van der Waals surface area contributed by atoms with Gasteiger partial charge in [0.25, 0.3) is 17.7 Å². The largest absolute Gasteiger partial charge is 0.481 e. The number of rotatable bonds is 13. The van der Waals surface area contributed by atoms with Crippen molar-refractivity contribution < 1.29 is 57.8 Å². The summed E-state index contributed by atoms with van der Waals surface area (Å²) in [5, 5.41) is 26.8. The molecule has 7 N–H and O–H groups in total. The Balaban J connectivity index is 1.14. The van der Waals surface area contributed by atoms with Crippen LogP contribution in [-0.4, -0.2) is 115 Å². The van der Waals surface area contributed by atoms with Crippen molar-refractivity contribution in [3.63, 3.8) is 0 Å². The Morgan fingerprint density at radius 2 is 1.84 bits per heavy atom. The van der Waals surface area contributed by atoms with Crippen molar-refractivity contribution in [2.75, 3.05) is 30.4 Å². The Bertz CT molecular complexity index is 2060. The lowest BCUT2D eigenvalue weighted by atomic mass is 9.89. The maximum Gasteiger partial charge on any atom is 0.340 e. The van der Waals surface area contributed by atoms with E-state index < -0.39 is 76.7 Å². The Morgan fingerprint density at radius 3 is 2.49 bits per heavy atom. The van der Waals surface area contributed by atoms with E-state index in [-0.39, 0.29) is 45.9 Å². The van der Waals surface area contributed by atoms with Crippen LogP contribution >= 0.6 is 46.2 Å². The number of oxime groups is 1. The number of benzene rings is 1. The number of thiazole rings is 1. The minimum Gasteiger partial charge on any atom is -0.481 e. The van der Waals surface area contributed by atoms with Crippen molar-refractivity contribution in [3.05, 3.63) is 40.3 Å². The molecule has 2 unspecified atom stereocenters. The summed E-state index contributed by atoms with van der Waals surface area (Å²) in [6.45, 7) is 1.26. The van der Waals surface area contributed by atoms with E-state index >= 15 is 0 Å². The molecular weight excluding hydrogens is 809 g/mol. The lowest BCUT2D eigenvalue weighted by Crippen LogP contribution is -2.74. The summed E-state index contributed by atoms with van der Waals surface area (Å²) in [6.07, 6.45) is 0. The molecule has 3 aromatic rings. The van der Waals surface area contributed by atoms with Crippen molar-refractivity contribution in [2.45, 2.75) is 29.6 Å². The van der Waals surface area contributed by atoms with Gasteiger partial charge in [0.15, 0.2) is 33.3 Å². The molecule has 5 rings (SSSR count). The SMILES string of the molecule is CC(=O)Oc1ccc(C(=O)NC(=O)NNC(=O)CON=C(C(=O)NC2C(=O)N3CC(CSc4nncs4)(C(=O)O)CS[C@H]23)c2csc(N)n2)cc1OC(C)=O. The molecule has 0 aliphatic carbocycles. The summed E-state index contributed by atoms with van der Waals surface area (Å²) in [4.78, 5) is 109. The quantitative estimate of drug-likeness (QED) is 0.0318. The Morgan fingerprint density at radius 1 is 1.09 bits per heavy atom. The molecule has 3 atom stereocenters. The predicted molar refractivity (Wildman–Crippen MR) is 193 cm³/mol. The second-order valence-corrected chi connectivity index (χ2v) is 15.3. The number of β-lactam (4-membered cyclic amide) rings is 1. The molecule has 0 bridgehead atoms. The molecule has 4 heterocycles. The molecule has 2 saturated heterocycles. The van der Waals surface area contributed by atoms with Gasteiger partial charge in [-0.3, -0.25) is 44.3 Å². The highest BCUT2D eigenvalue weighted by molar-refractivity contribution is 8.01. The molecule has 1 aromatic carbocycles. The standard InChI is InChI=1S/C29H28N10O12S4/c1-12(40)50-16-4-3-14(5-17(16)51-13(2)41)21(43)34-27(48)36-35-18(42)6-49-38-19(15-7-52-26(30)32-15)22(44)33-20-23(45)39-8-29(25(46)47,9-53-24(20)39)10-54-28-37-31-11-55-28/h3-5,7,11,20,24H,6,8-10H2,1-2H3,(H2,30,32)(H,33,44)(H,35,42)(H,46,47)(H2,34,36,43,48)/t20?,24-,29?/m1/s1. The van der Waals surface area contributed by atoms with E-state index in [9.17, 15) is 43.5 Å². The van der Waals surface area contributed by atoms with Gasteiger partial charge in [-0.05, 0) is 18.2 Å². The third kappa shape index (κ3) is 10.0. The minimum absolute atomic E-state index is 0.0345. The number of amides is 6. The highest BCUT2D eigenvalue weighted by Crippen LogP contribution is 2.44. The number of nitrogens with two attached hydrogens (primary N) is 1. The van der Waals surface area contributed by atoms with Crippen LogP contribution < -0.4 is 36.7 Å². The first kappa shape index (κ1) is 40.3. The number of ether oxygens (including phenoxy) is 2. The van der Waals surface area contributed by atoms with Gasteiger partial charge in [0.1, 0.15) is 28.0 Å². The number of carbonyl (C=O) groups excluding carboxylic acids is 7. The van der Waals surface area contributed by atoms with Crippen molar-refractivity contribution in [1.29, 1.82) is 0 Å². The van der Waals surface area contributed by atoms with Crippen LogP contribution in [0.25, 0.3) is 0 Å². The van der Waals surface area contributed by atoms with Crippen LogP contribution in [-0.2, 0) is 33.6 Å². The van der Waals surface area contributed by atoms with Crippen molar-refractivity contribution in [1.82, 2.24) is 41.6 Å². The number of aliphatic carboxylic acids is 1. The normalized spacial score (nSPS) is 18.8. The zero-order chi connectivity index (χ0) is 39.9. The van der Waals surface area contributed by atoms with E-state index in [4.69, 9.17) is 20.0 Å². The van der Waals surface area contributed by atoms with Gasteiger partial charge in [-0.15, -0.1) is 33.3 Å². The lowest BCUT2D eigenvalue weighted by molar-refractivity contribution is -0.157. The van der Waals surface area contributed by atoms with E-state index in [2.05, 4.69) is 25.7 Å². The number of aromatic nitrogens is 3. The van der Waals surface area contributed by atoms with Crippen molar-refractivity contribution >= 4 is 105 Å². The highest BCUT2D eigenvalue weighted by atomic mass is 32.2. The number of nitrogens with zero attached hydrogens (tertiary/aromatic N) is 5. The smallest absolute Gasteiger partial charge is 0.340 e. The summed E-state index contributed by atoms with van der Waals surface area (Å²) in [5.74, 6) is -6.05. The molecular formula is C29H28N10O12S4. The summed E-state index contributed by atoms with van der Waals surface area (Å²) in [5.41, 5.74) is 9.22. The summed E-state index contributed by atoms with van der Waals surface area (Å²) in [7, 11) is 0. The molecule has 2 aromatic heterocycles. The molecule has 0 spiro atoms. The Kier molecular flexibility index (Phi) is 12.8. The second-order valence-electron chi connectivity index (χ2n) is 11.3. The van der Waals surface area contributed by atoms with Crippen LogP contribution in [0.15, 0.2) is 38.6 Å². The monoisotopic (exact) mass is 836 g/mol. The first-order valence-corrected chi connectivity index (χ1v) is 19.1. The van der Waals surface area contributed by atoms with Gasteiger partial charge in [-0.1, -0.05) is 28.3 Å². The fourth-order valence-electron chi connectivity index (χ4n) is 4.79. The zero-order valence-corrected chi connectivity index (χ0v) is 31.5. The molecule has 2 aliphatic rings. The molecule has 6 amide bonds. The number of thioether (sulfide) groups is 2. The molecule has 22 nitrogen and oxygen atoms in total. The number of imide groups is 1. The van der Waals surface area contributed by atoms with Gasteiger partial charge in [-0.25, -0.2) is 15.2 Å². The molecule has 55 heavy (non-hydrogen) atoms. The number of hydrogen-bond acceptors (Lipinski definition) is 20. The van der Waals surface area contributed by atoms with Crippen LogP contribution in [0, 0.1) is 5.41 Å². The number of hydrogen-bond donors (Lipinski definition) is 6. The number of urea groups is 1. The lowest BCUT2D eigenvalue weighted by Gasteiger charge is -2.53. The fraction of sp³-hybridized carbons (Fsp3) is 0.310. The minimum atomic E-state index is -1.26. The van der Waals surface area contributed by atoms with E-state index in [1.807, 2.05) is 16.2 Å². The van der Waals surface area contributed by atoms with Crippen LogP contribution in [0.4, 0.5) is 9.93 Å². The van der Waals surface area contributed by atoms with E-state index in [0.717, 1.165) is 31.3 Å². The third-order valence-corrected chi connectivity index (χ3v) is 11.7. The highest BCUT2D eigenvalue weighted by Gasteiger charge is 2.57. The number of anilines is 1. The topological polar surface area (TPSA) is 313 Å². The number of fused-ring (bicyclic) bond motifs is 1. The number of nitrogen functional groups attached to an aromatic ring is 1. The average Bonchev–Trinajstić information content (AvgIpc) is 3.82. The number of hydrazine groups is 1. The van der Waals surface area contributed by atoms with Crippen LogP contribution in [0.3, 0.4) is 0 Å².